The van der Waals surface area contributed by atoms with E-state index < -0.39 is 0 Å². The van der Waals surface area contributed by atoms with Crippen LogP contribution in [-0.2, 0) is 0 Å². The fourth-order valence-corrected chi connectivity index (χ4v) is 0.880. The van der Waals surface area contributed by atoms with E-state index in [4.69, 9.17) is 5.73 Å². The van der Waals surface area contributed by atoms with Crippen LogP contribution in [0.15, 0.2) is 24.8 Å². The van der Waals surface area contributed by atoms with Crippen LogP contribution in [0.5, 0.6) is 0 Å². The molecule has 72 valence electrons. The van der Waals surface area contributed by atoms with Gasteiger partial charge < -0.3 is 5.73 Å². The summed E-state index contributed by atoms with van der Waals surface area (Å²) < 4.78 is 0. The lowest BCUT2D eigenvalue weighted by Gasteiger charge is -1.99. The normalized spacial score (nSPS) is 8.54. The van der Waals surface area contributed by atoms with Gasteiger partial charge in [-0.2, -0.15) is 0 Å². The van der Waals surface area contributed by atoms with E-state index in [0.29, 0.717) is 0 Å². The predicted octanol–water partition coefficient (Wildman–Crippen LogP) is 3.64. The number of nitrogens with two attached hydrogens (primary N) is 1. The van der Waals surface area contributed by atoms with Crippen molar-refractivity contribution in [3.63, 3.8) is 0 Å². The molecule has 1 aromatic rings. The number of rotatable bonds is 1. The van der Waals surface area contributed by atoms with E-state index in [0.717, 1.165) is 11.3 Å². The van der Waals surface area contributed by atoms with Gasteiger partial charge in [0.1, 0.15) is 0 Å². The first-order valence-electron chi connectivity index (χ1n) is 4.64. The van der Waals surface area contributed by atoms with Gasteiger partial charge in [0.05, 0.1) is 0 Å². The van der Waals surface area contributed by atoms with Gasteiger partial charge in [0, 0.05) is 5.69 Å². The zero-order valence-electron chi connectivity index (χ0n) is 8.80. The Kier molecular flexibility index (Phi) is 5.69. The molecule has 1 nitrogen and oxygen atoms in total. The lowest BCUT2D eigenvalue weighted by Crippen LogP contribution is -1.88. The number of anilines is 1. The summed E-state index contributed by atoms with van der Waals surface area (Å²) in [7, 11) is 0. The highest BCUT2D eigenvalue weighted by Gasteiger charge is 1.91. The second-order valence-electron chi connectivity index (χ2n) is 3.04. The molecule has 0 atom stereocenters. The van der Waals surface area contributed by atoms with Gasteiger partial charge in [0.25, 0.3) is 0 Å². The number of hydrogen-bond donors (Lipinski definition) is 1. The molecular weight excluding hydrogens is 158 g/mol. The van der Waals surface area contributed by atoms with Gasteiger partial charge in [0.2, 0.25) is 0 Å². The fourth-order valence-electron chi connectivity index (χ4n) is 0.880. The van der Waals surface area contributed by atoms with E-state index in [9.17, 15) is 0 Å². The van der Waals surface area contributed by atoms with Crippen molar-refractivity contribution >= 4 is 11.8 Å². The van der Waals surface area contributed by atoms with Crippen LogP contribution in [0.4, 0.5) is 5.69 Å². The minimum atomic E-state index is 0.801. The van der Waals surface area contributed by atoms with E-state index in [1.165, 1.54) is 12.0 Å². The molecule has 0 saturated heterocycles. The van der Waals surface area contributed by atoms with Crippen molar-refractivity contribution in [1.29, 1.82) is 0 Å². The van der Waals surface area contributed by atoms with Gasteiger partial charge in [-0.3, -0.25) is 0 Å². The first-order valence-corrected chi connectivity index (χ1v) is 4.64. The Bertz CT molecular complexity index is 264. The van der Waals surface area contributed by atoms with Crippen molar-refractivity contribution in [1.82, 2.24) is 0 Å². The Balaban J connectivity index is 0.000000424. The maximum Gasteiger partial charge on any atom is 0.0390 e. The van der Waals surface area contributed by atoms with Gasteiger partial charge in [0.15, 0.2) is 0 Å². The topological polar surface area (TPSA) is 26.0 Å². The summed E-state index contributed by atoms with van der Waals surface area (Å²) >= 11 is 0. The maximum atomic E-state index is 5.66. The van der Waals surface area contributed by atoms with Crippen molar-refractivity contribution < 1.29 is 0 Å². The summed E-state index contributed by atoms with van der Waals surface area (Å²) in [5.74, 6) is 0. The summed E-state index contributed by atoms with van der Waals surface area (Å²) in [5, 5.41) is 0. The summed E-state index contributed by atoms with van der Waals surface area (Å²) in [6.07, 6.45) is 3.01. The Labute approximate surface area is 81.3 Å². The van der Waals surface area contributed by atoms with Crippen LogP contribution in [0, 0.1) is 6.92 Å². The molecule has 0 spiro atoms. The second kappa shape index (κ2) is 6.30. The van der Waals surface area contributed by atoms with E-state index in [1.54, 1.807) is 6.08 Å². The van der Waals surface area contributed by atoms with Gasteiger partial charge in [-0.15, -0.1) is 0 Å². The number of hydrogen-bond acceptors (Lipinski definition) is 1. The minimum absolute atomic E-state index is 0.801. The van der Waals surface area contributed by atoms with Crippen molar-refractivity contribution in [3.8, 4) is 0 Å². The zero-order valence-corrected chi connectivity index (χ0v) is 8.80. The third kappa shape index (κ3) is 4.36. The van der Waals surface area contributed by atoms with E-state index in [2.05, 4.69) is 20.4 Å². The van der Waals surface area contributed by atoms with Crippen LogP contribution in [0.2, 0.25) is 0 Å². The molecule has 1 heteroatoms. The van der Waals surface area contributed by atoms with Gasteiger partial charge >= 0.3 is 0 Å². The Morgan fingerprint density at radius 3 is 2.31 bits per heavy atom. The molecule has 0 saturated carbocycles. The average Bonchev–Trinajstić information content (AvgIpc) is 2.06. The molecule has 0 aliphatic rings. The molecule has 0 heterocycles. The summed E-state index contributed by atoms with van der Waals surface area (Å²) in [5.41, 5.74) is 8.65. The van der Waals surface area contributed by atoms with Crippen molar-refractivity contribution in [2.24, 2.45) is 0 Å². The third-order valence-electron chi connectivity index (χ3n) is 1.46. The molecule has 1 aromatic carbocycles. The highest BCUT2D eigenvalue weighted by Crippen LogP contribution is 2.13. The molecule has 0 amide bonds. The summed E-state index contributed by atoms with van der Waals surface area (Å²) in [6.45, 7) is 9.91. The molecule has 13 heavy (non-hydrogen) atoms. The molecule has 0 aliphatic carbocycles. The first kappa shape index (κ1) is 11.8. The minimum Gasteiger partial charge on any atom is -0.398 e. The molecule has 0 fully saturated rings. The van der Waals surface area contributed by atoms with Crippen LogP contribution < -0.4 is 5.73 Å². The number of benzene rings is 1. The second-order valence-corrected chi connectivity index (χ2v) is 3.04. The van der Waals surface area contributed by atoms with Crippen LogP contribution >= 0.6 is 0 Å². The molecule has 0 bridgehead atoms. The van der Waals surface area contributed by atoms with Crippen molar-refractivity contribution in [2.45, 2.75) is 27.2 Å². The van der Waals surface area contributed by atoms with Crippen LogP contribution in [-0.4, -0.2) is 0 Å². The lowest BCUT2D eigenvalue weighted by molar-refractivity contribution is 1.09. The SMILES string of the molecule is C=Cc1ccc(C)cc1N.CCC. The van der Waals surface area contributed by atoms with Crippen LogP contribution in [0.25, 0.3) is 6.08 Å². The Morgan fingerprint density at radius 2 is 1.92 bits per heavy atom. The molecular formula is C12H19N. The zero-order chi connectivity index (χ0) is 10.3. The van der Waals surface area contributed by atoms with Gasteiger partial charge in [-0.1, -0.05) is 45.1 Å². The number of nitrogen functional groups attached to an aromatic ring is 1. The molecule has 0 aromatic heterocycles. The van der Waals surface area contributed by atoms with E-state index in [-0.39, 0.29) is 0 Å². The van der Waals surface area contributed by atoms with E-state index >= 15 is 0 Å². The fraction of sp³-hybridized carbons (Fsp3) is 0.333. The van der Waals surface area contributed by atoms with Crippen molar-refractivity contribution in [2.75, 3.05) is 5.73 Å². The Morgan fingerprint density at radius 1 is 1.38 bits per heavy atom. The quantitative estimate of drug-likeness (QED) is 0.651. The molecule has 2 N–H and O–H groups in total. The standard InChI is InChI=1S/C9H11N.C3H8/c1-3-8-5-4-7(2)6-9(8)10;1-3-2/h3-6H,1,10H2,2H3;3H2,1-2H3. The average molecular weight is 177 g/mol. The van der Waals surface area contributed by atoms with Gasteiger partial charge in [-0.05, 0) is 24.1 Å². The van der Waals surface area contributed by atoms with Gasteiger partial charge in [-0.25, -0.2) is 0 Å². The predicted molar refractivity (Wildman–Crippen MR) is 61.6 cm³/mol. The molecule has 0 unspecified atom stereocenters. The maximum absolute atomic E-state index is 5.66. The molecule has 0 aliphatic heterocycles. The van der Waals surface area contributed by atoms with E-state index in [1.807, 2.05) is 25.1 Å². The molecule has 1 rings (SSSR count). The highest BCUT2D eigenvalue weighted by molar-refractivity contribution is 5.63. The third-order valence-corrected chi connectivity index (χ3v) is 1.46. The van der Waals surface area contributed by atoms with Crippen molar-refractivity contribution in [3.05, 3.63) is 35.9 Å². The largest absolute Gasteiger partial charge is 0.398 e. The highest BCUT2D eigenvalue weighted by atomic mass is 14.5. The first-order chi connectivity index (χ1) is 6.15. The number of aryl methyl sites for hydroxylation is 1. The summed E-state index contributed by atoms with van der Waals surface area (Å²) in [4.78, 5) is 0. The smallest absolute Gasteiger partial charge is 0.0390 e. The van der Waals surface area contributed by atoms with Crippen LogP contribution in [0.1, 0.15) is 31.4 Å². The lowest BCUT2D eigenvalue weighted by atomic mass is 10.1. The molecule has 0 radical (unpaired) electrons. The summed E-state index contributed by atoms with van der Waals surface area (Å²) in [6, 6.07) is 5.93. The monoisotopic (exact) mass is 177 g/mol. The Hall–Kier alpha value is -1.24. The van der Waals surface area contributed by atoms with Crippen LogP contribution in [0.3, 0.4) is 0 Å².